The lowest BCUT2D eigenvalue weighted by molar-refractivity contribution is -0.130. The molecule has 0 radical (unpaired) electrons. The Labute approximate surface area is 163 Å². The van der Waals surface area contributed by atoms with E-state index in [9.17, 15) is 9.59 Å². The summed E-state index contributed by atoms with van der Waals surface area (Å²) < 4.78 is 5.83. The van der Waals surface area contributed by atoms with Gasteiger partial charge in [0.1, 0.15) is 6.10 Å². The number of rotatable bonds is 6. The molecule has 7 heteroatoms. The van der Waals surface area contributed by atoms with Crippen molar-refractivity contribution < 1.29 is 14.3 Å². The van der Waals surface area contributed by atoms with E-state index in [-0.39, 0.29) is 30.6 Å². The molecule has 1 fully saturated rings. The van der Waals surface area contributed by atoms with E-state index in [1.807, 2.05) is 19.9 Å². The van der Waals surface area contributed by atoms with Crippen LogP contribution in [0, 0.1) is 13.8 Å². The first kappa shape index (κ1) is 19.3. The number of carbonyl (C=O) groups is 2. The van der Waals surface area contributed by atoms with Gasteiger partial charge in [-0.2, -0.15) is 0 Å². The monoisotopic (exact) mass is 387 g/mol. The molecule has 27 heavy (non-hydrogen) atoms. The highest BCUT2D eigenvalue weighted by Gasteiger charge is 2.28. The predicted molar refractivity (Wildman–Crippen MR) is 102 cm³/mol. The molecule has 0 spiro atoms. The minimum atomic E-state index is -0.123. The molecule has 1 unspecified atom stereocenters. The summed E-state index contributed by atoms with van der Waals surface area (Å²) in [5, 5.41) is 0.582. The van der Waals surface area contributed by atoms with Gasteiger partial charge in [0.25, 0.3) is 0 Å². The van der Waals surface area contributed by atoms with Crippen LogP contribution in [-0.2, 0) is 4.79 Å². The van der Waals surface area contributed by atoms with E-state index < -0.39 is 0 Å². The van der Waals surface area contributed by atoms with Crippen LogP contribution in [0.3, 0.4) is 0 Å². The van der Waals surface area contributed by atoms with Gasteiger partial charge in [0.15, 0.2) is 5.78 Å². The SMILES string of the molecule is Cc1cc(C)nc(OC2CCN(C(=O)CCC(=O)c3ccc(Cl)cc3)C2)n1. The number of nitrogens with zero attached hydrogens (tertiary/aromatic N) is 3. The topological polar surface area (TPSA) is 72.4 Å². The van der Waals surface area contributed by atoms with E-state index in [2.05, 4.69) is 9.97 Å². The maximum absolute atomic E-state index is 12.4. The highest BCUT2D eigenvalue weighted by molar-refractivity contribution is 6.30. The highest BCUT2D eigenvalue weighted by atomic mass is 35.5. The maximum Gasteiger partial charge on any atom is 0.317 e. The molecule has 0 bridgehead atoms. The molecule has 0 N–H and O–H groups in total. The summed E-state index contributed by atoms with van der Waals surface area (Å²) in [6, 6.07) is 8.94. The van der Waals surface area contributed by atoms with Crippen molar-refractivity contribution in [2.45, 2.75) is 39.2 Å². The Morgan fingerprint density at radius 2 is 1.81 bits per heavy atom. The van der Waals surface area contributed by atoms with Crippen LogP contribution in [0.1, 0.15) is 41.0 Å². The predicted octanol–water partition coefficient (Wildman–Crippen LogP) is 3.39. The smallest absolute Gasteiger partial charge is 0.317 e. The van der Waals surface area contributed by atoms with E-state index >= 15 is 0 Å². The molecule has 3 rings (SSSR count). The van der Waals surface area contributed by atoms with Crippen LogP contribution in [0.4, 0.5) is 0 Å². The molecule has 2 aromatic rings. The first-order chi connectivity index (χ1) is 12.9. The first-order valence-corrected chi connectivity index (χ1v) is 9.34. The van der Waals surface area contributed by atoms with Gasteiger partial charge in [-0.15, -0.1) is 0 Å². The number of hydrogen-bond donors (Lipinski definition) is 0. The Kier molecular flexibility index (Phi) is 6.06. The Morgan fingerprint density at radius 1 is 1.15 bits per heavy atom. The number of carbonyl (C=O) groups excluding carboxylic acids is 2. The molecule has 6 nitrogen and oxygen atoms in total. The second-order valence-electron chi connectivity index (χ2n) is 6.73. The van der Waals surface area contributed by atoms with Crippen molar-refractivity contribution in [2.75, 3.05) is 13.1 Å². The Morgan fingerprint density at radius 3 is 2.48 bits per heavy atom. The molecule has 1 atom stereocenters. The normalized spacial score (nSPS) is 16.4. The van der Waals surface area contributed by atoms with Gasteiger partial charge in [-0.05, 0) is 44.2 Å². The third kappa shape index (κ3) is 5.26. The lowest BCUT2D eigenvalue weighted by Crippen LogP contribution is -2.31. The van der Waals surface area contributed by atoms with Crippen molar-refractivity contribution in [3.05, 3.63) is 52.3 Å². The molecule has 1 amide bonds. The molecule has 1 aromatic carbocycles. The van der Waals surface area contributed by atoms with Gasteiger partial charge in [-0.3, -0.25) is 9.59 Å². The van der Waals surface area contributed by atoms with Crippen LogP contribution in [0.15, 0.2) is 30.3 Å². The lowest BCUT2D eigenvalue weighted by atomic mass is 10.1. The van der Waals surface area contributed by atoms with Gasteiger partial charge in [0, 0.05) is 47.8 Å². The largest absolute Gasteiger partial charge is 0.458 e. The second-order valence-corrected chi connectivity index (χ2v) is 7.17. The van der Waals surface area contributed by atoms with Gasteiger partial charge in [-0.25, -0.2) is 9.97 Å². The van der Waals surface area contributed by atoms with Crippen LogP contribution in [0.2, 0.25) is 5.02 Å². The van der Waals surface area contributed by atoms with Gasteiger partial charge < -0.3 is 9.64 Å². The molecule has 0 saturated carbocycles. The molecule has 1 aliphatic heterocycles. The number of hydrogen-bond acceptors (Lipinski definition) is 5. The average Bonchev–Trinajstić information content (AvgIpc) is 3.07. The number of likely N-dealkylation sites (tertiary alicyclic amines) is 1. The van der Waals surface area contributed by atoms with Crippen LogP contribution in [0.5, 0.6) is 6.01 Å². The average molecular weight is 388 g/mol. The summed E-state index contributed by atoms with van der Waals surface area (Å²) in [4.78, 5) is 34.9. The van der Waals surface area contributed by atoms with E-state index in [4.69, 9.17) is 16.3 Å². The summed E-state index contributed by atoms with van der Waals surface area (Å²) in [6.07, 6.45) is 0.978. The zero-order chi connectivity index (χ0) is 19.4. The molecule has 0 aliphatic carbocycles. The molecule has 142 valence electrons. The molecule has 2 heterocycles. The standard InChI is InChI=1S/C20H22ClN3O3/c1-13-11-14(2)23-20(22-13)27-17-9-10-24(12-17)19(26)8-7-18(25)15-3-5-16(21)6-4-15/h3-6,11,17H,7-10,12H2,1-2H3. The van der Waals surface area contributed by atoms with Crippen molar-refractivity contribution in [3.63, 3.8) is 0 Å². The van der Waals surface area contributed by atoms with E-state index in [0.717, 1.165) is 17.8 Å². The highest BCUT2D eigenvalue weighted by Crippen LogP contribution is 2.18. The number of benzene rings is 1. The number of amides is 1. The number of ether oxygens (including phenoxy) is 1. The Bertz CT molecular complexity index is 819. The fraction of sp³-hybridized carbons (Fsp3) is 0.400. The van der Waals surface area contributed by atoms with Gasteiger partial charge in [-0.1, -0.05) is 11.6 Å². The third-order valence-corrected chi connectivity index (χ3v) is 4.72. The fourth-order valence-corrected chi connectivity index (χ4v) is 3.23. The number of halogens is 1. The van der Waals surface area contributed by atoms with E-state index in [1.54, 1.807) is 29.2 Å². The summed E-state index contributed by atoms with van der Waals surface area (Å²) in [5.41, 5.74) is 2.27. The van der Waals surface area contributed by atoms with Crippen molar-refractivity contribution in [2.24, 2.45) is 0 Å². The van der Waals surface area contributed by atoms with Crippen molar-refractivity contribution >= 4 is 23.3 Å². The quantitative estimate of drug-likeness (QED) is 0.710. The number of Topliss-reactive ketones (excluding diaryl/α,β-unsaturated/α-hetero) is 1. The van der Waals surface area contributed by atoms with Crippen molar-refractivity contribution in [1.29, 1.82) is 0 Å². The summed E-state index contributed by atoms with van der Waals surface area (Å²) >= 11 is 5.83. The van der Waals surface area contributed by atoms with Crippen LogP contribution < -0.4 is 4.74 Å². The van der Waals surface area contributed by atoms with E-state index in [1.165, 1.54) is 0 Å². The molecular weight excluding hydrogens is 366 g/mol. The van der Waals surface area contributed by atoms with Crippen LogP contribution >= 0.6 is 11.6 Å². The number of aromatic nitrogens is 2. The maximum atomic E-state index is 12.4. The van der Waals surface area contributed by atoms with Crippen molar-refractivity contribution in [3.8, 4) is 6.01 Å². The first-order valence-electron chi connectivity index (χ1n) is 8.96. The van der Waals surface area contributed by atoms with Gasteiger partial charge in [0.05, 0.1) is 6.54 Å². The van der Waals surface area contributed by atoms with E-state index in [0.29, 0.717) is 29.7 Å². The third-order valence-electron chi connectivity index (χ3n) is 4.46. The lowest BCUT2D eigenvalue weighted by Gasteiger charge is -2.16. The zero-order valence-electron chi connectivity index (χ0n) is 15.4. The molecule has 1 aromatic heterocycles. The Hall–Kier alpha value is -2.47. The minimum absolute atomic E-state index is 0.0373. The van der Waals surface area contributed by atoms with Crippen LogP contribution in [-0.4, -0.2) is 45.8 Å². The zero-order valence-corrected chi connectivity index (χ0v) is 16.2. The molecule has 1 saturated heterocycles. The van der Waals surface area contributed by atoms with Crippen LogP contribution in [0.25, 0.3) is 0 Å². The molecular formula is C20H22ClN3O3. The van der Waals surface area contributed by atoms with Crippen molar-refractivity contribution in [1.82, 2.24) is 14.9 Å². The molecule has 1 aliphatic rings. The summed E-state index contributed by atoms with van der Waals surface area (Å²) in [6.45, 7) is 4.89. The fourth-order valence-electron chi connectivity index (χ4n) is 3.10. The van der Waals surface area contributed by atoms with Gasteiger partial charge >= 0.3 is 6.01 Å². The van der Waals surface area contributed by atoms with Gasteiger partial charge in [0.2, 0.25) is 5.91 Å². The minimum Gasteiger partial charge on any atom is -0.458 e. The number of ketones is 1. The number of aryl methyl sites for hydroxylation is 2. The second kappa shape index (κ2) is 8.48. The summed E-state index contributed by atoms with van der Waals surface area (Å²) in [7, 11) is 0. The summed E-state index contributed by atoms with van der Waals surface area (Å²) in [5.74, 6) is -0.0968. The Balaban J connectivity index is 1.48.